The molecule has 1 amide bonds. The van der Waals surface area contributed by atoms with Gasteiger partial charge in [-0.1, -0.05) is 6.07 Å². The van der Waals surface area contributed by atoms with E-state index in [0.29, 0.717) is 11.7 Å². The first-order chi connectivity index (χ1) is 12.2. The highest BCUT2D eigenvalue weighted by molar-refractivity contribution is 5.95. The summed E-state index contributed by atoms with van der Waals surface area (Å²) in [7, 11) is 1.92. The zero-order valence-corrected chi connectivity index (χ0v) is 14.6. The molecule has 2 heterocycles. The fourth-order valence-electron chi connectivity index (χ4n) is 3.94. The van der Waals surface area contributed by atoms with Crippen LogP contribution in [0.2, 0.25) is 0 Å². The molecule has 1 unspecified atom stereocenters. The molecular formula is C19H24N4O2. The minimum absolute atomic E-state index is 0.000549. The lowest BCUT2D eigenvalue weighted by atomic mass is 10.1. The zero-order valence-electron chi connectivity index (χ0n) is 14.6. The number of aryl methyl sites for hydroxylation is 1. The van der Waals surface area contributed by atoms with Crippen LogP contribution in [0.4, 0.5) is 0 Å². The molecule has 0 bridgehead atoms. The maximum Gasteiger partial charge on any atom is 0.254 e. The summed E-state index contributed by atoms with van der Waals surface area (Å²) in [6.07, 6.45) is 8.58. The van der Waals surface area contributed by atoms with Gasteiger partial charge in [0.2, 0.25) is 0 Å². The fourth-order valence-corrected chi connectivity index (χ4v) is 3.94. The van der Waals surface area contributed by atoms with Gasteiger partial charge in [-0.05, 0) is 56.7 Å². The molecule has 1 aromatic heterocycles. The Labute approximate surface area is 147 Å². The molecule has 132 valence electrons. The number of ether oxygens (including phenoxy) is 1. The second kappa shape index (κ2) is 6.86. The van der Waals surface area contributed by atoms with Crippen LogP contribution in [0.15, 0.2) is 30.6 Å². The van der Waals surface area contributed by atoms with Crippen molar-refractivity contribution in [3.63, 3.8) is 0 Å². The van der Waals surface area contributed by atoms with Crippen molar-refractivity contribution in [3.05, 3.63) is 42.0 Å². The summed E-state index contributed by atoms with van der Waals surface area (Å²) in [5, 5.41) is 8.16. The zero-order chi connectivity index (χ0) is 17.2. The molecule has 6 heteroatoms. The van der Waals surface area contributed by atoms with E-state index in [9.17, 15) is 4.79 Å². The maximum atomic E-state index is 13.1. The first-order valence-electron chi connectivity index (χ1n) is 9.14. The van der Waals surface area contributed by atoms with Crippen LogP contribution in [-0.2, 0) is 7.05 Å². The molecule has 4 rings (SSSR count). The van der Waals surface area contributed by atoms with Crippen LogP contribution in [0.3, 0.4) is 0 Å². The predicted molar refractivity (Wildman–Crippen MR) is 93.3 cm³/mol. The third-order valence-corrected chi connectivity index (χ3v) is 5.24. The van der Waals surface area contributed by atoms with E-state index in [4.69, 9.17) is 4.74 Å². The molecule has 6 nitrogen and oxygen atoms in total. The van der Waals surface area contributed by atoms with Gasteiger partial charge in [-0.2, -0.15) is 0 Å². The Balaban J connectivity index is 1.52. The highest BCUT2D eigenvalue weighted by Crippen LogP contribution is 2.32. The Morgan fingerprint density at radius 3 is 2.80 bits per heavy atom. The SMILES string of the molecule is Cn1cnnc1C1CCCN1C(=O)c1cccc(OC2CCCC2)c1. The lowest BCUT2D eigenvalue weighted by Crippen LogP contribution is -2.31. The second-order valence-corrected chi connectivity index (χ2v) is 7.01. The van der Waals surface area contributed by atoms with Gasteiger partial charge in [0, 0.05) is 19.2 Å². The minimum atomic E-state index is -0.000549. The molecule has 1 aliphatic heterocycles. The molecule has 0 radical (unpaired) electrons. The Hall–Kier alpha value is -2.37. The van der Waals surface area contributed by atoms with Crippen molar-refractivity contribution in [2.75, 3.05) is 6.54 Å². The van der Waals surface area contributed by atoms with Crippen LogP contribution in [-0.4, -0.2) is 38.2 Å². The largest absolute Gasteiger partial charge is 0.490 e. The van der Waals surface area contributed by atoms with E-state index >= 15 is 0 Å². The summed E-state index contributed by atoms with van der Waals surface area (Å²) in [6.45, 7) is 0.754. The molecule has 0 spiro atoms. The molecule has 1 saturated heterocycles. The van der Waals surface area contributed by atoms with Gasteiger partial charge >= 0.3 is 0 Å². The number of aromatic nitrogens is 3. The van der Waals surface area contributed by atoms with Crippen LogP contribution in [0.1, 0.15) is 60.7 Å². The van der Waals surface area contributed by atoms with Gasteiger partial charge in [0.05, 0.1) is 12.1 Å². The standard InChI is InChI=1S/C19H24N4O2/c1-22-13-20-21-18(22)17-10-5-11-23(17)19(24)14-6-4-9-16(12-14)25-15-7-2-3-8-15/h4,6,9,12-13,15,17H,2-3,5,7-8,10-11H2,1H3. The van der Waals surface area contributed by atoms with Crippen molar-refractivity contribution in [3.8, 4) is 5.75 Å². The smallest absolute Gasteiger partial charge is 0.254 e. The number of amides is 1. The summed E-state index contributed by atoms with van der Waals surface area (Å²) >= 11 is 0. The molecule has 1 aliphatic carbocycles. The lowest BCUT2D eigenvalue weighted by molar-refractivity contribution is 0.0727. The number of nitrogens with zero attached hydrogens (tertiary/aromatic N) is 4. The Kier molecular flexibility index (Phi) is 4.42. The molecule has 1 atom stereocenters. The number of hydrogen-bond acceptors (Lipinski definition) is 4. The topological polar surface area (TPSA) is 60.2 Å². The van der Waals surface area contributed by atoms with Gasteiger partial charge < -0.3 is 14.2 Å². The van der Waals surface area contributed by atoms with Crippen molar-refractivity contribution >= 4 is 5.91 Å². The normalized spacial score (nSPS) is 21.0. The van der Waals surface area contributed by atoms with E-state index in [2.05, 4.69) is 10.2 Å². The average Bonchev–Trinajstić information content (AvgIpc) is 3.35. The van der Waals surface area contributed by atoms with Crippen LogP contribution in [0.5, 0.6) is 5.75 Å². The van der Waals surface area contributed by atoms with Gasteiger partial charge in [0.1, 0.15) is 12.1 Å². The average molecular weight is 340 g/mol. The van der Waals surface area contributed by atoms with E-state index in [-0.39, 0.29) is 11.9 Å². The van der Waals surface area contributed by atoms with E-state index in [1.807, 2.05) is 40.8 Å². The third kappa shape index (κ3) is 3.25. The van der Waals surface area contributed by atoms with Crippen LogP contribution < -0.4 is 4.74 Å². The van der Waals surface area contributed by atoms with Gasteiger partial charge in [0.15, 0.2) is 5.82 Å². The number of rotatable bonds is 4. The van der Waals surface area contributed by atoms with Gasteiger partial charge in [-0.25, -0.2) is 0 Å². The minimum Gasteiger partial charge on any atom is -0.490 e. The monoisotopic (exact) mass is 340 g/mol. The summed E-state index contributed by atoms with van der Waals surface area (Å²) in [6, 6.07) is 7.60. The van der Waals surface area contributed by atoms with Crippen molar-refractivity contribution in [2.24, 2.45) is 7.05 Å². The molecule has 1 saturated carbocycles. The van der Waals surface area contributed by atoms with E-state index in [1.54, 1.807) is 6.33 Å². The first kappa shape index (κ1) is 16.1. The van der Waals surface area contributed by atoms with Crippen molar-refractivity contribution in [1.82, 2.24) is 19.7 Å². The van der Waals surface area contributed by atoms with E-state index < -0.39 is 0 Å². The number of hydrogen-bond donors (Lipinski definition) is 0. The summed E-state index contributed by atoms with van der Waals surface area (Å²) in [5.74, 6) is 1.69. The molecule has 1 aromatic carbocycles. The fraction of sp³-hybridized carbons (Fsp3) is 0.526. The maximum absolute atomic E-state index is 13.1. The molecule has 0 N–H and O–H groups in total. The van der Waals surface area contributed by atoms with Crippen molar-refractivity contribution in [1.29, 1.82) is 0 Å². The lowest BCUT2D eigenvalue weighted by Gasteiger charge is -2.24. The number of carbonyl (C=O) groups excluding carboxylic acids is 1. The summed E-state index contributed by atoms with van der Waals surface area (Å²) in [4.78, 5) is 15.0. The van der Waals surface area contributed by atoms with Gasteiger partial charge in [0.25, 0.3) is 5.91 Å². The molecule has 2 aromatic rings. The summed E-state index contributed by atoms with van der Waals surface area (Å²) in [5.41, 5.74) is 0.685. The van der Waals surface area contributed by atoms with E-state index in [0.717, 1.165) is 43.8 Å². The quantitative estimate of drug-likeness (QED) is 0.858. The van der Waals surface area contributed by atoms with Crippen molar-refractivity contribution in [2.45, 2.75) is 50.7 Å². The molecule has 2 aliphatic rings. The predicted octanol–water partition coefficient (Wildman–Crippen LogP) is 3.11. The van der Waals surface area contributed by atoms with Crippen molar-refractivity contribution < 1.29 is 9.53 Å². The van der Waals surface area contributed by atoms with Gasteiger partial charge in [-0.3, -0.25) is 4.79 Å². The third-order valence-electron chi connectivity index (χ3n) is 5.24. The Bertz CT molecular complexity index is 751. The first-order valence-corrected chi connectivity index (χ1v) is 9.14. The van der Waals surface area contributed by atoms with Crippen LogP contribution in [0.25, 0.3) is 0 Å². The number of likely N-dealkylation sites (tertiary alicyclic amines) is 1. The Morgan fingerprint density at radius 1 is 1.20 bits per heavy atom. The molecule has 25 heavy (non-hydrogen) atoms. The Morgan fingerprint density at radius 2 is 2.04 bits per heavy atom. The second-order valence-electron chi connectivity index (χ2n) is 7.01. The number of carbonyl (C=O) groups is 1. The van der Waals surface area contributed by atoms with E-state index in [1.165, 1.54) is 12.8 Å². The van der Waals surface area contributed by atoms with Crippen LogP contribution in [0, 0.1) is 0 Å². The van der Waals surface area contributed by atoms with Gasteiger partial charge in [-0.15, -0.1) is 10.2 Å². The number of benzene rings is 1. The summed E-state index contributed by atoms with van der Waals surface area (Å²) < 4.78 is 7.95. The highest BCUT2D eigenvalue weighted by atomic mass is 16.5. The highest BCUT2D eigenvalue weighted by Gasteiger charge is 2.33. The molecular weight excluding hydrogens is 316 g/mol. The molecule has 2 fully saturated rings. The van der Waals surface area contributed by atoms with Crippen LogP contribution >= 0.6 is 0 Å².